The normalized spacial score (nSPS) is 20.2. The highest BCUT2D eigenvalue weighted by molar-refractivity contribution is 7.10. The maximum Gasteiger partial charge on any atom is 0.0234 e. The molecule has 0 amide bonds. The minimum atomic E-state index is 0.551. The Hall–Kier alpha value is -1.12. The van der Waals surface area contributed by atoms with Gasteiger partial charge in [-0.15, -0.1) is 11.3 Å². The summed E-state index contributed by atoms with van der Waals surface area (Å²) >= 11 is 1.86. The fourth-order valence-corrected chi connectivity index (χ4v) is 3.47. The second-order valence-electron chi connectivity index (χ2n) is 4.94. The van der Waals surface area contributed by atoms with Gasteiger partial charge in [0.05, 0.1) is 0 Å². The van der Waals surface area contributed by atoms with E-state index in [9.17, 15) is 0 Å². The lowest BCUT2D eigenvalue weighted by Gasteiger charge is -2.32. The molecule has 88 valence electrons. The van der Waals surface area contributed by atoms with Crippen molar-refractivity contribution in [1.82, 2.24) is 4.90 Å². The van der Waals surface area contributed by atoms with E-state index in [0.29, 0.717) is 5.92 Å². The van der Waals surface area contributed by atoms with Gasteiger partial charge in [-0.2, -0.15) is 0 Å². The SMILES string of the molecule is Cc1cc(C2CN(C)Cc3ccccc32)cs1. The van der Waals surface area contributed by atoms with Gasteiger partial charge in [0, 0.05) is 23.9 Å². The number of thiophene rings is 1. The third-order valence-electron chi connectivity index (χ3n) is 3.52. The predicted molar refractivity (Wildman–Crippen MR) is 73.7 cm³/mol. The van der Waals surface area contributed by atoms with E-state index in [4.69, 9.17) is 0 Å². The summed E-state index contributed by atoms with van der Waals surface area (Å²) in [5.74, 6) is 0.551. The lowest BCUT2D eigenvalue weighted by Crippen LogP contribution is -2.30. The summed E-state index contributed by atoms with van der Waals surface area (Å²) in [5, 5.41) is 2.32. The van der Waals surface area contributed by atoms with E-state index in [1.165, 1.54) is 21.6 Å². The van der Waals surface area contributed by atoms with Crippen molar-refractivity contribution in [3.05, 3.63) is 57.3 Å². The molecule has 1 aromatic heterocycles. The van der Waals surface area contributed by atoms with E-state index in [1.807, 2.05) is 11.3 Å². The fraction of sp³-hybridized carbons (Fsp3) is 0.333. The molecule has 0 fully saturated rings. The average molecular weight is 243 g/mol. The monoisotopic (exact) mass is 243 g/mol. The molecule has 2 heteroatoms. The Morgan fingerprint density at radius 2 is 2.12 bits per heavy atom. The number of hydrogen-bond donors (Lipinski definition) is 0. The highest BCUT2D eigenvalue weighted by Crippen LogP contribution is 2.34. The van der Waals surface area contributed by atoms with Crippen LogP contribution in [0.25, 0.3) is 0 Å². The maximum atomic E-state index is 2.42. The highest BCUT2D eigenvalue weighted by Gasteiger charge is 2.24. The van der Waals surface area contributed by atoms with Crippen molar-refractivity contribution in [3.8, 4) is 0 Å². The van der Waals surface area contributed by atoms with Crippen LogP contribution in [-0.4, -0.2) is 18.5 Å². The minimum Gasteiger partial charge on any atom is -0.301 e. The van der Waals surface area contributed by atoms with E-state index in [2.05, 4.69) is 54.6 Å². The largest absolute Gasteiger partial charge is 0.301 e. The molecule has 0 radical (unpaired) electrons. The average Bonchev–Trinajstić information content (AvgIpc) is 2.74. The molecule has 1 nitrogen and oxygen atoms in total. The summed E-state index contributed by atoms with van der Waals surface area (Å²) in [4.78, 5) is 3.82. The second kappa shape index (κ2) is 4.28. The molecule has 0 aliphatic carbocycles. The molecular weight excluding hydrogens is 226 g/mol. The van der Waals surface area contributed by atoms with Crippen LogP contribution >= 0.6 is 11.3 Å². The molecule has 3 rings (SSSR count). The van der Waals surface area contributed by atoms with Gasteiger partial charge in [0.25, 0.3) is 0 Å². The number of aryl methyl sites for hydroxylation is 1. The summed E-state index contributed by atoms with van der Waals surface area (Å²) in [6.07, 6.45) is 0. The van der Waals surface area contributed by atoms with Crippen molar-refractivity contribution >= 4 is 11.3 Å². The molecule has 1 aliphatic heterocycles. The second-order valence-corrected chi connectivity index (χ2v) is 6.05. The first-order chi connectivity index (χ1) is 8.24. The lowest BCUT2D eigenvalue weighted by molar-refractivity contribution is 0.295. The standard InChI is InChI=1S/C15H17NS/c1-11-7-13(10-17-11)15-9-16(2)8-12-5-3-4-6-14(12)15/h3-7,10,15H,8-9H2,1-2H3. The van der Waals surface area contributed by atoms with Crippen molar-refractivity contribution in [3.63, 3.8) is 0 Å². The van der Waals surface area contributed by atoms with Gasteiger partial charge in [0.2, 0.25) is 0 Å². The molecule has 1 atom stereocenters. The Kier molecular flexibility index (Phi) is 2.77. The molecule has 1 unspecified atom stereocenters. The molecule has 0 spiro atoms. The zero-order valence-corrected chi connectivity index (χ0v) is 11.1. The van der Waals surface area contributed by atoms with Crippen molar-refractivity contribution in [1.29, 1.82) is 0 Å². The molecule has 2 heterocycles. The molecule has 1 aliphatic rings. The van der Waals surface area contributed by atoms with Crippen LogP contribution in [0.4, 0.5) is 0 Å². The van der Waals surface area contributed by atoms with Gasteiger partial charge in [-0.1, -0.05) is 24.3 Å². The first kappa shape index (κ1) is 11.0. The zero-order valence-electron chi connectivity index (χ0n) is 10.3. The van der Waals surface area contributed by atoms with Gasteiger partial charge in [0.1, 0.15) is 0 Å². The van der Waals surface area contributed by atoms with Gasteiger partial charge in [0.15, 0.2) is 0 Å². The van der Waals surface area contributed by atoms with E-state index < -0.39 is 0 Å². The van der Waals surface area contributed by atoms with Crippen LogP contribution in [0.2, 0.25) is 0 Å². The number of fused-ring (bicyclic) bond motifs is 1. The number of nitrogens with zero attached hydrogens (tertiary/aromatic N) is 1. The minimum absolute atomic E-state index is 0.551. The number of benzene rings is 1. The third-order valence-corrected chi connectivity index (χ3v) is 4.40. The van der Waals surface area contributed by atoms with Gasteiger partial charge >= 0.3 is 0 Å². The van der Waals surface area contributed by atoms with Gasteiger partial charge < -0.3 is 4.90 Å². The smallest absolute Gasteiger partial charge is 0.0234 e. The quantitative estimate of drug-likeness (QED) is 0.739. The van der Waals surface area contributed by atoms with Crippen LogP contribution in [0, 0.1) is 6.92 Å². The highest BCUT2D eigenvalue weighted by atomic mass is 32.1. The Morgan fingerprint density at radius 3 is 2.88 bits per heavy atom. The lowest BCUT2D eigenvalue weighted by atomic mass is 9.86. The molecule has 0 saturated heterocycles. The van der Waals surface area contributed by atoms with Crippen LogP contribution in [-0.2, 0) is 6.54 Å². The summed E-state index contributed by atoms with van der Waals surface area (Å²) in [5.41, 5.74) is 4.48. The van der Waals surface area contributed by atoms with Crippen molar-refractivity contribution in [2.24, 2.45) is 0 Å². The summed E-state index contributed by atoms with van der Waals surface area (Å²) < 4.78 is 0. The van der Waals surface area contributed by atoms with Crippen LogP contribution in [0.3, 0.4) is 0 Å². The van der Waals surface area contributed by atoms with Crippen LogP contribution in [0.5, 0.6) is 0 Å². The predicted octanol–water partition coefficient (Wildman–Crippen LogP) is 3.63. The maximum absolute atomic E-state index is 2.42. The van der Waals surface area contributed by atoms with Crippen molar-refractivity contribution in [2.75, 3.05) is 13.6 Å². The number of hydrogen-bond acceptors (Lipinski definition) is 2. The van der Waals surface area contributed by atoms with Crippen molar-refractivity contribution in [2.45, 2.75) is 19.4 Å². The Bertz CT molecular complexity index is 529. The van der Waals surface area contributed by atoms with E-state index in [-0.39, 0.29) is 0 Å². The topological polar surface area (TPSA) is 3.24 Å². The Balaban J connectivity index is 2.06. The Labute approximate surface area is 107 Å². The van der Waals surface area contributed by atoms with Gasteiger partial charge in [-0.05, 0) is 42.1 Å². The third kappa shape index (κ3) is 2.03. The van der Waals surface area contributed by atoms with E-state index in [1.54, 1.807) is 0 Å². The molecule has 0 N–H and O–H groups in total. The zero-order chi connectivity index (χ0) is 11.8. The van der Waals surface area contributed by atoms with Crippen LogP contribution in [0.1, 0.15) is 27.5 Å². The Morgan fingerprint density at radius 1 is 1.29 bits per heavy atom. The fourth-order valence-electron chi connectivity index (χ4n) is 2.71. The molecule has 0 saturated carbocycles. The molecule has 2 aromatic rings. The van der Waals surface area contributed by atoms with E-state index >= 15 is 0 Å². The van der Waals surface area contributed by atoms with Crippen molar-refractivity contribution < 1.29 is 0 Å². The van der Waals surface area contributed by atoms with Crippen LogP contribution in [0.15, 0.2) is 35.7 Å². The molecule has 1 aromatic carbocycles. The molecule has 17 heavy (non-hydrogen) atoms. The van der Waals surface area contributed by atoms with E-state index in [0.717, 1.165) is 13.1 Å². The van der Waals surface area contributed by atoms with Gasteiger partial charge in [-0.25, -0.2) is 0 Å². The number of rotatable bonds is 1. The van der Waals surface area contributed by atoms with Gasteiger partial charge in [-0.3, -0.25) is 0 Å². The first-order valence-corrected chi connectivity index (χ1v) is 6.93. The summed E-state index contributed by atoms with van der Waals surface area (Å²) in [6.45, 7) is 4.40. The molecular formula is C15H17NS. The van der Waals surface area contributed by atoms with Crippen LogP contribution < -0.4 is 0 Å². The summed E-state index contributed by atoms with van der Waals surface area (Å²) in [7, 11) is 2.21. The first-order valence-electron chi connectivity index (χ1n) is 6.05. The summed E-state index contributed by atoms with van der Waals surface area (Å²) in [6, 6.07) is 11.2. The molecule has 0 bridgehead atoms. The number of likely N-dealkylation sites (N-methyl/N-ethyl adjacent to an activating group) is 1.